The highest BCUT2D eigenvalue weighted by atomic mass is 19.1. The first-order valence-corrected chi connectivity index (χ1v) is 10.5. The maximum absolute atomic E-state index is 14.9. The van der Waals surface area contributed by atoms with Gasteiger partial charge < -0.3 is 20.6 Å². The number of piperidine rings is 1. The van der Waals surface area contributed by atoms with Crippen LogP contribution in [0.15, 0.2) is 30.6 Å². The highest BCUT2D eigenvalue weighted by Gasteiger charge is 2.43. The van der Waals surface area contributed by atoms with Crippen molar-refractivity contribution in [2.75, 3.05) is 18.5 Å². The zero-order valence-corrected chi connectivity index (χ0v) is 16.9. The Hall–Kier alpha value is -2.74. The van der Waals surface area contributed by atoms with Crippen molar-refractivity contribution < 1.29 is 14.3 Å². The van der Waals surface area contributed by atoms with Crippen LogP contribution in [0.2, 0.25) is 0 Å². The van der Waals surface area contributed by atoms with Gasteiger partial charge in [-0.05, 0) is 37.0 Å². The minimum Gasteiger partial charge on any atom is -0.507 e. The molecule has 3 aliphatic rings. The maximum Gasteiger partial charge on any atom is 0.220 e. The van der Waals surface area contributed by atoms with Crippen molar-refractivity contribution in [3.63, 3.8) is 0 Å². The molecule has 1 aromatic heterocycles. The van der Waals surface area contributed by atoms with Crippen LogP contribution in [-0.2, 0) is 4.79 Å². The molecule has 3 N–H and O–H groups in total. The Morgan fingerprint density at radius 2 is 2.10 bits per heavy atom. The summed E-state index contributed by atoms with van der Waals surface area (Å²) in [5.74, 6) is 0.847. The third kappa shape index (κ3) is 3.39. The summed E-state index contributed by atoms with van der Waals surface area (Å²) in [4.78, 5) is 22.3. The average molecular weight is 411 g/mol. The molecule has 1 aromatic carbocycles. The van der Waals surface area contributed by atoms with E-state index in [1.165, 1.54) is 0 Å². The van der Waals surface area contributed by atoms with Gasteiger partial charge in [0.25, 0.3) is 0 Å². The molecule has 0 aliphatic carbocycles. The Kier molecular flexibility index (Phi) is 4.81. The van der Waals surface area contributed by atoms with E-state index in [1.54, 1.807) is 18.5 Å². The summed E-state index contributed by atoms with van der Waals surface area (Å²) in [5, 5.41) is 16.7. The molecule has 0 saturated carbocycles. The van der Waals surface area contributed by atoms with E-state index in [4.69, 9.17) is 0 Å². The molecule has 3 fully saturated rings. The number of anilines is 1. The van der Waals surface area contributed by atoms with Gasteiger partial charge in [-0.15, -0.1) is 0 Å². The van der Waals surface area contributed by atoms with Gasteiger partial charge in [0.05, 0.1) is 24.1 Å². The second kappa shape index (κ2) is 7.50. The molecule has 5 atom stereocenters. The standard InChI is InChI=1S/C22H26FN5O2/c1-28(18-8-14-3-5-16(27-14)22(18)23)20-11-24-17(10-25-20)15-4-2-12(6-19(15)29)13-7-21(30)26-9-13/h2,4,6,10-11,13-14,16,18,22,27,29H,3,5,7-9H2,1H3,(H,26,30)/t13-,14-,16+,18-,22+/m0/s1. The zero-order valence-electron chi connectivity index (χ0n) is 16.9. The number of aromatic hydroxyl groups is 1. The number of hydrogen-bond donors (Lipinski definition) is 3. The van der Waals surface area contributed by atoms with Gasteiger partial charge in [-0.25, -0.2) is 9.37 Å². The van der Waals surface area contributed by atoms with Crippen LogP contribution in [0.1, 0.15) is 37.2 Å². The second-order valence-electron chi connectivity index (χ2n) is 8.65. The summed E-state index contributed by atoms with van der Waals surface area (Å²) in [6.45, 7) is 0.590. The molecule has 2 aromatic rings. The molecule has 1 amide bonds. The van der Waals surface area contributed by atoms with Gasteiger partial charge in [0.15, 0.2) is 0 Å². The fourth-order valence-corrected chi connectivity index (χ4v) is 5.02. The van der Waals surface area contributed by atoms with Crippen LogP contribution >= 0.6 is 0 Å². The van der Waals surface area contributed by atoms with E-state index in [2.05, 4.69) is 20.6 Å². The number of benzene rings is 1. The largest absolute Gasteiger partial charge is 0.507 e. The number of nitrogens with one attached hydrogen (secondary N) is 2. The van der Waals surface area contributed by atoms with E-state index >= 15 is 0 Å². The van der Waals surface area contributed by atoms with E-state index in [0.717, 1.165) is 24.8 Å². The average Bonchev–Trinajstić information content (AvgIpc) is 3.37. The van der Waals surface area contributed by atoms with Crippen LogP contribution in [0.4, 0.5) is 10.2 Å². The van der Waals surface area contributed by atoms with Crippen molar-refractivity contribution in [1.82, 2.24) is 20.6 Å². The molecule has 7 nitrogen and oxygen atoms in total. The van der Waals surface area contributed by atoms with Crippen LogP contribution in [-0.4, -0.2) is 58.9 Å². The van der Waals surface area contributed by atoms with Crippen molar-refractivity contribution in [3.8, 4) is 17.0 Å². The number of carbonyl (C=O) groups excluding carboxylic acids is 1. The van der Waals surface area contributed by atoms with E-state index in [9.17, 15) is 14.3 Å². The van der Waals surface area contributed by atoms with Crippen molar-refractivity contribution in [2.24, 2.45) is 0 Å². The van der Waals surface area contributed by atoms with Crippen LogP contribution in [0.3, 0.4) is 0 Å². The number of amides is 1. The number of aromatic nitrogens is 2. The zero-order chi connectivity index (χ0) is 20.8. The summed E-state index contributed by atoms with van der Waals surface area (Å²) in [6, 6.07) is 5.52. The Balaban J connectivity index is 1.33. The van der Waals surface area contributed by atoms with Crippen molar-refractivity contribution in [1.29, 1.82) is 0 Å². The summed E-state index contributed by atoms with van der Waals surface area (Å²) >= 11 is 0. The van der Waals surface area contributed by atoms with Gasteiger partial charge in [-0.1, -0.05) is 6.07 Å². The van der Waals surface area contributed by atoms with Gasteiger partial charge in [0.1, 0.15) is 17.7 Å². The number of fused-ring (bicyclic) bond motifs is 2. The van der Waals surface area contributed by atoms with E-state index in [0.29, 0.717) is 36.1 Å². The number of hydrogen-bond acceptors (Lipinski definition) is 6. The molecular formula is C22H26FN5O2. The minimum atomic E-state index is -0.927. The van der Waals surface area contributed by atoms with Crippen LogP contribution < -0.4 is 15.5 Å². The fraction of sp³-hybridized carbons (Fsp3) is 0.500. The summed E-state index contributed by atoms with van der Waals surface area (Å²) < 4.78 is 14.9. The normalized spacial score (nSPS) is 30.3. The first kappa shape index (κ1) is 19.2. The lowest BCUT2D eigenvalue weighted by molar-refractivity contribution is -0.119. The first-order valence-electron chi connectivity index (χ1n) is 10.5. The molecule has 0 unspecified atom stereocenters. The lowest BCUT2D eigenvalue weighted by Crippen LogP contribution is -2.55. The molecule has 5 rings (SSSR count). The van der Waals surface area contributed by atoms with Crippen LogP contribution in [0, 0.1) is 0 Å². The summed E-state index contributed by atoms with van der Waals surface area (Å²) in [5.41, 5.74) is 2.06. The fourth-order valence-electron chi connectivity index (χ4n) is 5.02. The quantitative estimate of drug-likeness (QED) is 0.714. The SMILES string of the molecule is CN(c1cnc(-c2ccc([C@@H]3CNC(=O)C3)cc2O)cn1)[C@H]1C[C@@H]2CC[C@@H](N2)[C@H]1F. The lowest BCUT2D eigenvalue weighted by atomic mass is 9.96. The highest BCUT2D eigenvalue weighted by Crippen LogP contribution is 2.35. The van der Waals surface area contributed by atoms with Crippen molar-refractivity contribution >= 4 is 11.7 Å². The van der Waals surface area contributed by atoms with Gasteiger partial charge in [-0.2, -0.15) is 0 Å². The molecule has 3 saturated heterocycles. The Morgan fingerprint density at radius 1 is 1.23 bits per heavy atom. The second-order valence-corrected chi connectivity index (χ2v) is 8.65. The Bertz CT molecular complexity index is 953. The van der Waals surface area contributed by atoms with Crippen molar-refractivity contribution in [3.05, 3.63) is 36.2 Å². The molecule has 8 heteroatoms. The third-order valence-corrected chi connectivity index (χ3v) is 6.80. The Labute approximate surface area is 174 Å². The predicted molar refractivity (Wildman–Crippen MR) is 111 cm³/mol. The molecule has 3 aliphatic heterocycles. The smallest absolute Gasteiger partial charge is 0.220 e. The molecular weight excluding hydrogens is 385 g/mol. The third-order valence-electron chi connectivity index (χ3n) is 6.80. The topological polar surface area (TPSA) is 90.4 Å². The molecule has 30 heavy (non-hydrogen) atoms. The molecule has 0 radical (unpaired) electrons. The van der Waals surface area contributed by atoms with Crippen LogP contribution in [0.25, 0.3) is 11.3 Å². The van der Waals surface area contributed by atoms with Crippen molar-refractivity contribution in [2.45, 2.75) is 55.9 Å². The monoisotopic (exact) mass is 411 g/mol. The van der Waals surface area contributed by atoms with E-state index in [1.807, 2.05) is 24.1 Å². The van der Waals surface area contributed by atoms with E-state index < -0.39 is 6.17 Å². The molecule has 2 bridgehead atoms. The number of rotatable bonds is 4. The number of phenols is 1. The highest BCUT2D eigenvalue weighted by molar-refractivity contribution is 5.79. The number of carbonyl (C=O) groups is 1. The minimum absolute atomic E-state index is 0.0337. The van der Waals surface area contributed by atoms with Gasteiger partial charge >= 0.3 is 0 Å². The number of halogens is 1. The number of nitrogens with zero attached hydrogens (tertiary/aromatic N) is 3. The summed E-state index contributed by atoms with van der Waals surface area (Å²) in [7, 11) is 1.87. The first-order chi connectivity index (χ1) is 14.5. The van der Waals surface area contributed by atoms with Gasteiger partial charge in [0, 0.05) is 43.6 Å². The van der Waals surface area contributed by atoms with Crippen LogP contribution in [0.5, 0.6) is 5.75 Å². The summed E-state index contributed by atoms with van der Waals surface area (Å²) in [6.07, 6.45) is 5.44. The molecule has 0 spiro atoms. The van der Waals surface area contributed by atoms with Gasteiger partial charge in [-0.3, -0.25) is 9.78 Å². The lowest BCUT2D eigenvalue weighted by Gasteiger charge is -2.38. The maximum atomic E-state index is 14.9. The Morgan fingerprint density at radius 3 is 2.80 bits per heavy atom. The molecule has 4 heterocycles. The van der Waals surface area contributed by atoms with Gasteiger partial charge in [0.2, 0.25) is 5.91 Å². The number of alkyl halides is 1. The number of phenolic OH excluding ortho intramolecular Hbond substituents is 1. The predicted octanol–water partition coefficient (Wildman–Crippen LogP) is 2.12. The van der Waals surface area contributed by atoms with E-state index in [-0.39, 0.29) is 29.7 Å². The molecule has 158 valence electrons.